The fraction of sp³-hybridized carbons (Fsp3) is 0.294. The maximum absolute atomic E-state index is 12.3. The molecule has 0 radical (unpaired) electrons. The number of furan rings is 1. The Bertz CT molecular complexity index is 756. The van der Waals surface area contributed by atoms with Crippen molar-refractivity contribution in [1.29, 1.82) is 0 Å². The summed E-state index contributed by atoms with van der Waals surface area (Å²) >= 11 is 6.77. The Hall–Kier alpha value is -1.80. The maximum Gasteiger partial charge on any atom is 0.289 e. The molecular weight excluding hydrogens is 456 g/mol. The van der Waals surface area contributed by atoms with Gasteiger partial charge in [0.25, 0.3) is 11.8 Å². The molecule has 132 valence electrons. The van der Waals surface area contributed by atoms with E-state index in [2.05, 4.69) is 31.9 Å². The smallest absolute Gasteiger partial charge is 0.289 e. The number of hydrogen-bond donors (Lipinski definition) is 0. The van der Waals surface area contributed by atoms with Gasteiger partial charge in [-0.25, -0.2) is 0 Å². The topological polar surface area (TPSA) is 63.0 Å². The predicted molar refractivity (Wildman–Crippen MR) is 98.5 cm³/mol. The van der Waals surface area contributed by atoms with E-state index in [0.717, 1.165) is 8.95 Å². The fourth-order valence-electron chi connectivity index (χ4n) is 2.54. The molecule has 0 spiro atoms. The first-order valence-electron chi connectivity index (χ1n) is 7.73. The van der Waals surface area contributed by atoms with Crippen molar-refractivity contribution in [3.8, 4) is 5.75 Å². The maximum atomic E-state index is 12.3. The minimum absolute atomic E-state index is 0.0354. The second-order valence-corrected chi connectivity index (χ2v) is 7.28. The van der Waals surface area contributed by atoms with Crippen molar-refractivity contribution < 1.29 is 18.7 Å². The van der Waals surface area contributed by atoms with E-state index in [4.69, 9.17) is 9.15 Å². The Labute approximate surface area is 162 Å². The molecule has 2 aromatic rings. The predicted octanol–water partition coefficient (Wildman–Crippen LogP) is 3.17. The van der Waals surface area contributed by atoms with Crippen LogP contribution in [0.15, 0.2) is 50.0 Å². The van der Waals surface area contributed by atoms with Crippen LogP contribution in [0, 0.1) is 0 Å². The van der Waals surface area contributed by atoms with Gasteiger partial charge in [-0.1, -0.05) is 15.9 Å². The van der Waals surface area contributed by atoms with Crippen molar-refractivity contribution in [3.63, 3.8) is 0 Å². The van der Waals surface area contributed by atoms with Gasteiger partial charge in [-0.2, -0.15) is 0 Å². The average Bonchev–Trinajstić information content (AvgIpc) is 3.15. The van der Waals surface area contributed by atoms with E-state index in [-0.39, 0.29) is 18.4 Å². The van der Waals surface area contributed by atoms with Crippen LogP contribution in [0.25, 0.3) is 0 Å². The van der Waals surface area contributed by atoms with Gasteiger partial charge in [0, 0.05) is 30.7 Å². The lowest BCUT2D eigenvalue weighted by atomic mass is 10.3. The summed E-state index contributed by atoms with van der Waals surface area (Å²) in [6, 6.07) is 8.83. The Morgan fingerprint density at radius 2 is 1.80 bits per heavy atom. The minimum Gasteiger partial charge on any atom is -0.483 e. The number of hydrogen-bond acceptors (Lipinski definition) is 4. The summed E-state index contributed by atoms with van der Waals surface area (Å²) in [6.07, 6.45) is 1.48. The highest BCUT2D eigenvalue weighted by molar-refractivity contribution is 9.11. The quantitative estimate of drug-likeness (QED) is 0.687. The van der Waals surface area contributed by atoms with E-state index < -0.39 is 0 Å². The van der Waals surface area contributed by atoms with Gasteiger partial charge < -0.3 is 19.0 Å². The molecule has 1 aliphatic rings. The third-order valence-corrected chi connectivity index (χ3v) is 5.01. The van der Waals surface area contributed by atoms with Crippen LogP contribution in [0.5, 0.6) is 5.75 Å². The zero-order valence-corrected chi connectivity index (χ0v) is 16.5. The van der Waals surface area contributed by atoms with Crippen molar-refractivity contribution in [1.82, 2.24) is 9.80 Å². The largest absolute Gasteiger partial charge is 0.483 e. The lowest BCUT2D eigenvalue weighted by Crippen LogP contribution is -2.51. The molecule has 1 aromatic heterocycles. The number of carbonyl (C=O) groups is 2. The Kier molecular flexibility index (Phi) is 5.80. The first kappa shape index (κ1) is 18.0. The summed E-state index contributed by atoms with van der Waals surface area (Å²) in [5.41, 5.74) is 0. The Morgan fingerprint density at radius 3 is 2.44 bits per heavy atom. The number of benzene rings is 1. The highest BCUT2D eigenvalue weighted by atomic mass is 79.9. The molecular formula is C17H16Br2N2O4. The standard InChI is InChI=1S/C17H16Br2N2O4/c18-12-3-4-14(13(19)10-12)25-11-16(22)20-5-7-21(8-6-20)17(23)15-2-1-9-24-15/h1-4,9-10H,5-8,11H2. The number of nitrogens with zero attached hydrogens (tertiary/aromatic N) is 2. The molecule has 6 nitrogen and oxygen atoms in total. The van der Waals surface area contributed by atoms with Gasteiger partial charge in [-0.3, -0.25) is 9.59 Å². The number of halogens is 2. The molecule has 0 aliphatic carbocycles. The highest BCUT2D eigenvalue weighted by Crippen LogP contribution is 2.28. The lowest BCUT2D eigenvalue weighted by molar-refractivity contribution is -0.134. The Balaban J connectivity index is 1.49. The van der Waals surface area contributed by atoms with Crippen LogP contribution in [0.4, 0.5) is 0 Å². The van der Waals surface area contributed by atoms with Gasteiger partial charge >= 0.3 is 0 Å². The zero-order valence-electron chi connectivity index (χ0n) is 13.3. The highest BCUT2D eigenvalue weighted by Gasteiger charge is 2.26. The van der Waals surface area contributed by atoms with E-state index in [1.165, 1.54) is 6.26 Å². The zero-order chi connectivity index (χ0) is 17.8. The third kappa shape index (κ3) is 4.43. The molecule has 1 aliphatic heterocycles. The van der Waals surface area contributed by atoms with Crippen molar-refractivity contribution in [2.24, 2.45) is 0 Å². The molecule has 25 heavy (non-hydrogen) atoms. The van der Waals surface area contributed by atoms with E-state index in [1.54, 1.807) is 28.0 Å². The SMILES string of the molecule is O=C(COc1ccc(Br)cc1Br)N1CCN(C(=O)c2ccco2)CC1. The van der Waals surface area contributed by atoms with E-state index in [0.29, 0.717) is 37.7 Å². The van der Waals surface area contributed by atoms with Crippen LogP contribution in [0.2, 0.25) is 0 Å². The second-order valence-electron chi connectivity index (χ2n) is 5.51. The molecule has 0 saturated carbocycles. The molecule has 1 aromatic carbocycles. The number of ether oxygens (including phenoxy) is 1. The number of amides is 2. The molecule has 3 rings (SSSR count). The lowest BCUT2D eigenvalue weighted by Gasteiger charge is -2.34. The Morgan fingerprint density at radius 1 is 1.08 bits per heavy atom. The molecule has 0 atom stereocenters. The summed E-state index contributed by atoms with van der Waals surface area (Å²) < 4.78 is 12.4. The summed E-state index contributed by atoms with van der Waals surface area (Å²) in [6.45, 7) is 1.89. The fourth-order valence-corrected chi connectivity index (χ4v) is 3.70. The van der Waals surface area contributed by atoms with Crippen LogP contribution in [-0.2, 0) is 4.79 Å². The first-order chi connectivity index (χ1) is 12.0. The molecule has 2 amide bonds. The summed E-state index contributed by atoms with van der Waals surface area (Å²) in [5.74, 6) is 0.693. The summed E-state index contributed by atoms with van der Waals surface area (Å²) in [5, 5.41) is 0. The van der Waals surface area contributed by atoms with Gasteiger partial charge in [0.1, 0.15) is 5.75 Å². The first-order valence-corrected chi connectivity index (χ1v) is 9.31. The molecule has 8 heteroatoms. The van der Waals surface area contributed by atoms with Crippen LogP contribution in [0.1, 0.15) is 10.6 Å². The van der Waals surface area contributed by atoms with Gasteiger partial charge in [0.15, 0.2) is 12.4 Å². The van der Waals surface area contributed by atoms with Gasteiger partial charge in [-0.05, 0) is 46.3 Å². The van der Waals surface area contributed by atoms with E-state index in [9.17, 15) is 9.59 Å². The number of piperazine rings is 1. The van der Waals surface area contributed by atoms with Gasteiger partial charge in [-0.15, -0.1) is 0 Å². The van der Waals surface area contributed by atoms with E-state index in [1.807, 2.05) is 12.1 Å². The van der Waals surface area contributed by atoms with Gasteiger partial charge in [0.2, 0.25) is 0 Å². The van der Waals surface area contributed by atoms with E-state index >= 15 is 0 Å². The number of rotatable bonds is 4. The molecule has 2 heterocycles. The van der Waals surface area contributed by atoms with Crippen molar-refractivity contribution in [2.45, 2.75) is 0 Å². The summed E-state index contributed by atoms with van der Waals surface area (Å²) in [7, 11) is 0. The van der Waals surface area contributed by atoms with Crippen molar-refractivity contribution in [3.05, 3.63) is 51.3 Å². The minimum atomic E-state index is -0.146. The van der Waals surface area contributed by atoms with Crippen LogP contribution < -0.4 is 4.74 Å². The molecule has 0 N–H and O–H groups in total. The van der Waals surface area contributed by atoms with Crippen LogP contribution in [-0.4, -0.2) is 54.4 Å². The second kappa shape index (κ2) is 8.05. The molecule has 0 unspecified atom stereocenters. The summed E-state index contributed by atoms with van der Waals surface area (Å²) in [4.78, 5) is 27.9. The van der Waals surface area contributed by atoms with Crippen LogP contribution >= 0.6 is 31.9 Å². The van der Waals surface area contributed by atoms with Crippen LogP contribution in [0.3, 0.4) is 0 Å². The van der Waals surface area contributed by atoms with Gasteiger partial charge in [0.05, 0.1) is 10.7 Å². The normalized spacial score (nSPS) is 14.5. The van der Waals surface area contributed by atoms with Crippen molar-refractivity contribution in [2.75, 3.05) is 32.8 Å². The molecule has 1 saturated heterocycles. The monoisotopic (exact) mass is 470 g/mol. The molecule has 1 fully saturated rings. The number of carbonyl (C=O) groups excluding carboxylic acids is 2. The average molecular weight is 472 g/mol. The third-order valence-electron chi connectivity index (χ3n) is 3.90. The molecule has 0 bridgehead atoms. The van der Waals surface area contributed by atoms with Crippen molar-refractivity contribution >= 4 is 43.7 Å².